The fourth-order valence-corrected chi connectivity index (χ4v) is 5.80. The van der Waals surface area contributed by atoms with Crippen molar-refractivity contribution in [2.75, 3.05) is 20.2 Å². The van der Waals surface area contributed by atoms with Crippen LogP contribution in [0, 0.1) is 0 Å². The lowest BCUT2D eigenvalue weighted by Gasteiger charge is -2.42. The summed E-state index contributed by atoms with van der Waals surface area (Å²) in [5.74, 6) is 0.225. The molecule has 2 fully saturated rings. The Kier molecular flexibility index (Phi) is 7.45. The maximum absolute atomic E-state index is 13.2. The fourth-order valence-electron chi connectivity index (χ4n) is 5.80. The summed E-state index contributed by atoms with van der Waals surface area (Å²) in [5, 5.41) is 3.14. The van der Waals surface area contributed by atoms with Gasteiger partial charge in [0.15, 0.2) is 0 Å². The van der Waals surface area contributed by atoms with Crippen LogP contribution in [-0.2, 0) is 16.8 Å². The monoisotopic (exact) mass is 511 g/mol. The molecule has 0 aromatic heterocycles. The van der Waals surface area contributed by atoms with Crippen LogP contribution in [0.4, 0.5) is 4.79 Å². The first-order valence-electron chi connectivity index (χ1n) is 13.1. The van der Waals surface area contributed by atoms with E-state index in [2.05, 4.69) is 17.4 Å². The maximum atomic E-state index is 13.2. The molecule has 0 spiro atoms. The number of hydrogen-bond donors (Lipinski definition) is 1. The van der Waals surface area contributed by atoms with Crippen molar-refractivity contribution in [2.24, 2.45) is 0 Å². The number of imide groups is 1. The first-order chi connectivity index (χ1) is 18.5. The summed E-state index contributed by atoms with van der Waals surface area (Å²) in [6.45, 7) is 1.00. The molecule has 1 saturated heterocycles. The van der Waals surface area contributed by atoms with Crippen molar-refractivity contribution < 1.29 is 19.1 Å². The molecule has 1 aliphatic carbocycles. The largest absolute Gasteiger partial charge is 0.496 e. The van der Waals surface area contributed by atoms with Crippen molar-refractivity contribution in [2.45, 2.75) is 43.7 Å². The quantitative estimate of drug-likeness (QED) is 0.442. The molecule has 1 heterocycles. The molecule has 7 heteroatoms. The van der Waals surface area contributed by atoms with E-state index in [-0.39, 0.29) is 35.8 Å². The second kappa shape index (κ2) is 11.1. The highest BCUT2D eigenvalue weighted by Gasteiger charge is 2.45. The van der Waals surface area contributed by atoms with E-state index in [0.717, 1.165) is 24.0 Å². The van der Waals surface area contributed by atoms with E-state index in [0.29, 0.717) is 37.2 Å². The van der Waals surface area contributed by atoms with Crippen molar-refractivity contribution >= 4 is 17.8 Å². The number of carbonyl (C=O) groups is 3. The molecular weight excluding hydrogens is 478 g/mol. The Morgan fingerprint density at radius 2 is 1.55 bits per heavy atom. The number of ether oxygens (including phenoxy) is 1. The predicted molar refractivity (Wildman–Crippen MR) is 145 cm³/mol. The van der Waals surface area contributed by atoms with Gasteiger partial charge in [-0.05, 0) is 48.9 Å². The number of nitrogens with zero attached hydrogens (tertiary/aromatic N) is 2. The number of rotatable bonds is 8. The van der Waals surface area contributed by atoms with E-state index in [1.165, 1.54) is 4.90 Å². The maximum Gasteiger partial charge on any atom is 0.327 e. The number of nitrogens with one attached hydrogen (secondary N) is 1. The highest BCUT2D eigenvalue weighted by Crippen LogP contribution is 2.41. The Morgan fingerprint density at radius 1 is 0.921 bits per heavy atom. The zero-order chi connectivity index (χ0) is 26.5. The van der Waals surface area contributed by atoms with Crippen LogP contribution in [0.2, 0.25) is 0 Å². The highest BCUT2D eigenvalue weighted by molar-refractivity contribution is 6.02. The standard InChI is InChI=1S/C31H33N3O4/c1-38-27-15-9-8-14-26(27)29(36)32-22-31(24-12-6-3-7-13-24)18-16-25(17-19-31)34-28(35)21-33(30(34)37)20-23-10-4-2-5-11-23/h2-15,25H,16-22H2,1H3,(H,32,36)/t25-,31-. The molecule has 1 N–H and O–H groups in total. The number of amides is 4. The van der Waals surface area contributed by atoms with Gasteiger partial charge in [0.1, 0.15) is 12.3 Å². The second-order valence-corrected chi connectivity index (χ2v) is 10.1. The van der Waals surface area contributed by atoms with Gasteiger partial charge < -0.3 is 15.0 Å². The first-order valence-corrected chi connectivity index (χ1v) is 13.1. The van der Waals surface area contributed by atoms with Crippen LogP contribution in [0.3, 0.4) is 0 Å². The van der Waals surface area contributed by atoms with Gasteiger partial charge in [0, 0.05) is 24.5 Å². The lowest BCUT2D eigenvalue weighted by molar-refractivity contribution is -0.127. The van der Waals surface area contributed by atoms with Crippen LogP contribution >= 0.6 is 0 Å². The van der Waals surface area contributed by atoms with Gasteiger partial charge in [0.25, 0.3) is 11.8 Å². The van der Waals surface area contributed by atoms with Gasteiger partial charge in [0.05, 0.1) is 12.7 Å². The van der Waals surface area contributed by atoms with Gasteiger partial charge >= 0.3 is 6.03 Å². The van der Waals surface area contributed by atoms with Crippen LogP contribution in [0.1, 0.15) is 47.2 Å². The van der Waals surface area contributed by atoms with Gasteiger partial charge in [-0.1, -0.05) is 72.8 Å². The molecule has 2 aliphatic rings. The third-order valence-electron chi connectivity index (χ3n) is 7.89. The third-order valence-corrected chi connectivity index (χ3v) is 7.89. The molecule has 0 atom stereocenters. The summed E-state index contributed by atoms with van der Waals surface area (Å²) in [6, 6.07) is 26.8. The summed E-state index contributed by atoms with van der Waals surface area (Å²) in [7, 11) is 1.56. The van der Waals surface area contributed by atoms with E-state index in [4.69, 9.17) is 4.74 Å². The molecule has 1 aliphatic heterocycles. The minimum Gasteiger partial charge on any atom is -0.496 e. The average molecular weight is 512 g/mol. The van der Waals surface area contributed by atoms with Gasteiger partial charge in [-0.15, -0.1) is 0 Å². The Morgan fingerprint density at radius 3 is 2.24 bits per heavy atom. The predicted octanol–water partition coefficient (Wildman–Crippen LogP) is 4.77. The van der Waals surface area contributed by atoms with Crippen LogP contribution < -0.4 is 10.1 Å². The zero-order valence-corrected chi connectivity index (χ0v) is 21.6. The van der Waals surface area contributed by atoms with Crippen molar-refractivity contribution in [1.82, 2.24) is 15.1 Å². The van der Waals surface area contributed by atoms with Crippen molar-refractivity contribution in [3.8, 4) is 5.75 Å². The minimum atomic E-state index is -0.287. The van der Waals surface area contributed by atoms with Crippen molar-refractivity contribution in [3.63, 3.8) is 0 Å². The first kappa shape index (κ1) is 25.5. The van der Waals surface area contributed by atoms with Crippen molar-refractivity contribution in [3.05, 3.63) is 102 Å². The molecule has 4 amide bonds. The fraction of sp³-hybridized carbons (Fsp3) is 0.323. The number of carbonyl (C=O) groups excluding carboxylic acids is 3. The SMILES string of the molecule is COc1ccccc1C(=O)NC[C@]1(c2ccccc2)CC[C@H](N2C(=O)CN(Cc3ccccc3)C2=O)CC1. The highest BCUT2D eigenvalue weighted by atomic mass is 16.5. The summed E-state index contributed by atoms with van der Waals surface area (Å²) >= 11 is 0. The smallest absolute Gasteiger partial charge is 0.327 e. The third kappa shape index (κ3) is 5.14. The number of urea groups is 1. The average Bonchev–Trinajstić information content (AvgIpc) is 3.25. The molecule has 3 aromatic rings. The summed E-state index contributed by atoms with van der Waals surface area (Å²) in [4.78, 5) is 42.4. The zero-order valence-electron chi connectivity index (χ0n) is 21.6. The van der Waals surface area contributed by atoms with E-state index in [1.807, 2.05) is 60.7 Å². The molecule has 38 heavy (non-hydrogen) atoms. The number of methoxy groups -OCH3 is 1. The Balaban J connectivity index is 1.29. The lowest BCUT2D eigenvalue weighted by atomic mass is 9.68. The molecule has 196 valence electrons. The summed E-state index contributed by atoms with van der Waals surface area (Å²) in [6.07, 6.45) is 2.89. The lowest BCUT2D eigenvalue weighted by Crippen LogP contribution is -2.49. The second-order valence-electron chi connectivity index (χ2n) is 10.1. The van der Waals surface area contributed by atoms with Crippen LogP contribution in [0.15, 0.2) is 84.9 Å². The normalized spacial score (nSPS) is 21.4. The van der Waals surface area contributed by atoms with Crippen LogP contribution in [0.25, 0.3) is 0 Å². The Hall–Kier alpha value is -4.13. The number of para-hydroxylation sites is 1. The molecule has 5 rings (SSSR count). The van der Waals surface area contributed by atoms with E-state index < -0.39 is 0 Å². The summed E-state index contributed by atoms with van der Waals surface area (Å²) < 4.78 is 5.37. The van der Waals surface area contributed by atoms with Gasteiger partial charge in [-0.2, -0.15) is 0 Å². The molecule has 0 radical (unpaired) electrons. The van der Waals surface area contributed by atoms with Gasteiger partial charge in [-0.25, -0.2) is 4.79 Å². The Labute approximate surface area is 223 Å². The van der Waals surface area contributed by atoms with Crippen LogP contribution in [0.5, 0.6) is 5.75 Å². The molecule has 0 unspecified atom stereocenters. The Bertz CT molecular complexity index is 1290. The molecule has 7 nitrogen and oxygen atoms in total. The van der Waals surface area contributed by atoms with Gasteiger partial charge in [-0.3, -0.25) is 14.5 Å². The summed E-state index contributed by atoms with van der Waals surface area (Å²) in [5.41, 5.74) is 2.38. The number of benzene rings is 3. The van der Waals surface area contributed by atoms with Crippen molar-refractivity contribution in [1.29, 1.82) is 0 Å². The molecule has 0 bridgehead atoms. The number of hydrogen-bond acceptors (Lipinski definition) is 4. The van der Waals surface area contributed by atoms with Gasteiger partial charge in [0.2, 0.25) is 0 Å². The molecule has 1 saturated carbocycles. The minimum absolute atomic E-state index is 0.114. The molecular formula is C31H33N3O4. The van der Waals surface area contributed by atoms with E-state index in [9.17, 15) is 14.4 Å². The van der Waals surface area contributed by atoms with E-state index in [1.54, 1.807) is 24.1 Å². The topological polar surface area (TPSA) is 79.0 Å². The van der Waals surface area contributed by atoms with E-state index >= 15 is 0 Å². The van der Waals surface area contributed by atoms with Crippen LogP contribution in [-0.4, -0.2) is 53.9 Å². The molecule has 3 aromatic carbocycles.